The molecular formula is C9H15N3O2. The predicted molar refractivity (Wildman–Crippen MR) is 53.7 cm³/mol. The van der Waals surface area contributed by atoms with Crippen LogP contribution in [-0.2, 0) is 4.74 Å². The minimum Gasteiger partial charge on any atom is -0.460 e. The van der Waals surface area contributed by atoms with Gasteiger partial charge in [0.25, 0.3) is 0 Å². The maximum Gasteiger partial charge on any atom is 0.376 e. The molecule has 1 aromatic rings. The Balaban J connectivity index is 0.000000791. The van der Waals surface area contributed by atoms with Crippen LogP contribution < -0.4 is 5.73 Å². The fourth-order valence-electron chi connectivity index (χ4n) is 0.639. The molecule has 0 unspecified atom stereocenters. The van der Waals surface area contributed by atoms with Crippen LogP contribution in [0.1, 0.15) is 31.4 Å². The van der Waals surface area contributed by atoms with E-state index in [0.29, 0.717) is 12.3 Å². The fourth-order valence-corrected chi connectivity index (χ4v) is 0.639. The van der Waals surface area contributed by atoms with Crippen LogP contribution in [0.3, 0.4) is 0 Å². The third kappa shape index (κ3) is 3.84. The summed E-state index contributed by atoms with van der Waals surface area (Å²) >= 11 is 0. The molecule has 1 rings (SSSR count). The van der Waals surface area contributed by atoms with Crippen LogP contribution in [0.4, 0.5) is 5.69 Å². The zero-order chi connectivity index (χ0) is 11.0. The molecule has 0 aliphatic rings. The van der Waals surface area contributed by atoms with E-state index in [1.54, 1.807) is 6.92 Å². The van der Waals surface area contributed by atoms with Crippen LogP contribution in [0.2, 0.25) is 0 Å². The highest BCUT2D eigenvalue weighted by molar-refractivity contribution is 5.85. The van der Waals surface area contributed by atoms with Crippen LogP contribution in [0.15, 0.2) is 12.4 Å². The predicted octanol–water partition coefficient (Wildman–Crippen LogP) is 1.26. The number of nitrogens with two attached hydrogens (primary N) is 1. The highest BCUT2D eigenvalue weighted by atomic mass is 16.5. The average Bonchev–Trinajstić information content (AvgIpc) is 2.22. The Kier molecular flexibility index (Phi) is 6.02. The molecule has 0 radical (unpaired) electrons. The van der Waals surface area contributed by atoms with Crippen molar-refractivity contribution in [3.63, 3.8) is 0 Å². The highest BCUT2D eigenvalue weighted by Gasteiger charge is 2.08. The molecule has 2 N–H and O–H groups in total. The third-order valence-corrected chi connectivity index (χ3v) is 1.13. The molecule has 0 aliphatic carbocycles. The van der Waals surface area contributed by atoms with Gasteiger partial charge in [0.15, 0.2) is 0 Å². The maximum atomic E-state index is 11.0. The third-order valence-electron chi connectivity index (χ3n) is 1.13. The second-order valence-corrected chi connectivity index (χ2v) is 2.06. The lowest BCUT2D eigenvalue weighted by Crippen LogP contribution is -2.09. The van der Waals surface area contributed by atoms with E-state index >= 15 is 0 Å². The Bertz CT molecular complexity index is 272. The van der Waals surface area contributed by atoms with Crippen molar-refractivity contribution in [1.82, 2.24) is 9.97 Å². The van der Waals surface area contributed by atoms with Crippen molar-refractivity contribution < 1.29 is 9.53 Å². The van der Waals surface area contributed by atoms with Gasteiger partial charge in [0, 0.05) is 0 Å². The van der Waals surface area contributed by atoms with E-state index in [0.717, 1.165) is 0 Å². The largest absolute Gasteiger partial charge is 0.460 e. The number of nitrogens with zero attached hydrogens (tertiary/aromatic N) is 2. The number of esters is 1. The lowest BCUT2D eigenvalue weighted by atomic mass is 10.5. The van der Waals surface area contributed by atoms with Crippen LogP contribution in [-0.4, -0.2) is 22.5 Å². The van der Waals surface area contributed by atoms with Gasteiger partial charge in [-0.05, 0) is 6.92 Å². The summed E-state index contributed by atoms with van der Waals surface area (Å²) in [5, 5.41) is 0. The summed E-state index contributed by atoms with van der Waals surface area (Å²) in [5.41, 5.74) is 5.74. The van der Waals surface area contributed by atoms with Crippen molar-refractivity contribution in [2.45, 2.75) is 20.8 Å². The second-order valence-electron chi connectivity index (χ2n) is 2.06. The lowest BCUT2D eigenvalue weighted by molar-refractivity contribution is 0.0512. The Labute approximate surface area is 83.3 Å². The maximum absolute atomic E-state index is 11.0. The number of hydrogen-bond donors (Lipinski definition) is 1. The van der Waals surface area contributed by atoms with E-state index in [-0.39, 0.29) is 5.82 Å². The number of anilines is 1. The molecule has 0 saturated heterocycles. The summed E-state index contributed by atoms with van der Waals surface area (Å²) in [6, 6.07) is 0. The molecule has 0 aliphatic heterocycles. The molecule has 0 bridgehead atoms. The molecular weight excluding hydrogens is 182 g/mol. The minimum absolute atomic E-state index is 0.0334. The summed E-state index contributed by atoms with van der Waals surface area (Å²) in [6.45, 7) is 6.03. The molecule has 0 aromatic carbocycles. The molecule has 78 valence electrons. The molecule has 0 fully saturated rings. The number of carbonyl (C=O) groups excluding carboxylic acids is 1. The topological polar surface area (TPSA) is 78.1 Å². The lowest BCUT2D eigenvalue weighted by Gasteiger charge is -1.98. The van der Waals surface area contributed by atoms with E-state index in [1.807, 2.05) is 13.8 Å². The first-order valence-electron chi connectivity index (χ1n) is 4.48. The van der Waals surface area contributed by atoms with E-state index in [2.05, 4.69) is 14.7 Å². The number of nitrogen functional groups attached to an aromatic ring is 1. The molecule has 0 atom stereocenters. The highest BCUT2D eigenvalue weighted by Crippen LogP contribution is 1.97. The van der Waals surface area contributed by atoms with Gasteiger partial charge in [-0.3, -0.25) is 0 Å². The average molecular weight is 197 g/mol. The SMILES string of the molecule is CC.CCOC(=O)c1ncc(N)cn1. The van der Waals surface area contributed by atoms with Crippen LogP contribution in [0, 0.1) is 0 Å². The smallest absolute Gasteiger partial charge is 0.376 e. The van der Waals surface area contributed by atoms with E-state index < -0.39 is 5.97 Å². The number of rotatable bonds is 2. The van der Waals surface area contributed by atoms with Crippen molar-refractivity contribution in [3.05, 3.63) is 18.2 Å². The Hall–Kier alpha value is -1.65. The normalized spacial score (nSPS) is 8.50. The number of ether oxygens (including phenoxy) is 1. The Morgan fingerprint density at radius 1 is 1.43 bits per heavy atom. The zero-order valence-corrected chi connectivity index (χ0v) is 8.65. The van der Waals surface area contributed by atoms with Crippen LogP contribution in [0.5, 0.6) is 0 Å². The summed E-state index contributed by atoms with van der Waals surface area (Å²) < 4.78 is 4.66. The molecule has 14 heavy (non-hydrogen) atoms. The van der Waals surface area contributed by atoms with E-state index in [9.17, 15) is 4.79 Å². The van der Waals surface area contributed by atoms with Gasteiger partial charge < -0.3 is 10.5 Å². The van der Waals surface area contributed by atoms with Crippen LogP contribution >= 0.6 is 0 Å². The summed E-state index contributed by atoms with van der Waals surface area (Å²) in [6.07, 6.45) is 2.72. The number of carbonyl (C=O) groups is 1. The van der Waals surface area contributed by atoms with Gasteiger partial charge in [0.2, 0.25) is 5.82 Å². The molecule has 1 aromatic heterocycles. The summed E-state index contributed by atoms with van der Waals surface area (Å²) in [5.74, 6) is -0.497. The van der Waals surface area contributed by atoms with Gasteiger partial charge >= 0.3 is 5.97 Å². The standard InChI is InChI=1S/C7H9N3O2.C2H6/c1-2-12-7(11)6-9-3-5(8)4-10-6;1-2/h3-4H,2,8H2,1H3;1-2H3. The molecule has 0 saturated carbocycles. The van der Waals surface area contributed by atoms with Crippen molar-refractivity contribution >= 4 is 11.7 Å². The van der Waals surface area contributed by atoms with Gasteiger partial charge in [-0.25, -0.2) is 14.8 Å². The van der Waals surface area contributed by atoms with Crippen molar-refractivity contribution in [1.29, 1.82) is 0 Å². The first-order valence-corrected chi connectivity index (χ1v) is 4.48. The number of aromatic nitrogens is 2. The molecule has 5 nitrogen and oxygen atoms in total. The Morgan fingerprint density at radius 2 is 1.93 bits per heavy atom. The fraction of sp³-hybridized carbons (Fsp3) is 0.444. The van der Waals surface area contributed by atoms with Gasteiger partial charge in [0.1, 0.15) is 0 Å². The van der Waals surface area contributed by atoms with Crippen molar-refractivity contribution in [2.75, 3.05) is 12.3 Å². The van der Waals surface area contributed by atoms with E-state index in [1.165, 1.54) is 12.4 Å². The van der Waals surface area contributed by atoms with Gasteiger partial charge in [-0.15, -0.1) is 0 Å². The number of hydrogen-bond acceptors (Lipinski definition) is 5. The van der Waals surface area contributed by atoms with Gasteiger partial charge in [-0.2, -0.15) is 0 Å². The second kappa shape index (κ2) is 6.82. The van der Waals surface area contributed by atoms with Gasteiger partial charge in [-0.1, -0.05) is 13.8 Å². The van der Waals surface area contributed by atoms with Crippen molar-refractivity contribution in [3.8, 4) is 0 Å². The first kappa shape index (κ1) is 12.3. The molecule has 1 heterocycles. The van der Waals surface area contributed by atoms with E-state index in [4.69, 9.17) is 5.73 Å². The Morgan fingerprint density at radius 3 is 2.36 bits per heavy atom. The van der Waals surface area contributed by atoms with Crippen molar-refractivity contribution in [2.24, 2.45) is 0 Å². The minimum atomic E-state index is -0.530. The molecule has 0 amide bonds. The molecule has 5 heteroatoms. The zero-order valence-electron chi connectivity index (χ0n) is 8.65. The molecule has 0 spiro atoms. The summed E-state index contributed by atoms with van der Waals surface area (Å²) in [4.78, 5) is 18.3. The first-order chi connectivity index (χ1) is 6.74. The quantitative estimate of drug-likeness (QED) is 0.722. The monoisotopic (exact) mass is 197 g/mol. The van der Waals surface area contributed by atoms with Crippen LogP contribution in [0.25, 0.3) is 0 Å². The van der Waals surface area contributed by atoms with Gasteiger partial charge in [0.05, 0.1) is 24.7 Å². The summed E-state index contributed by atoms with van der Waals surface area (Å²) in [7, 11) is 0.